The highest BCUT2D eigenvalue weighted by Gasteiger charge is 2.27. The van der Waals surface area contributed by atoms with Crippen molar-refractivity contribution < 1.29 is 0 Å². The molecule has 0 saturated heterocycles. The average Bonchev–Trinajstić information content (AvgIpc) is 2.38. The maximum atomic E-state index is 12.3. The molecule has 0 amide bonds. The molecule has 2 rings (SSSR count). The van der Waals surface area contributed by atoms with Gasteiger partial charge in [-0.05, 0) is 32.3 Å². The Hall–Kier alpha value is -1.90. The second-order valence-corrected chi connectivity index (χ2v) is 6.06. The fraction of sp³-hybridized carbons (Fsp3) is 0.412. The summed E-state index contributed by atoms with van der Waals surface area (Å²) in [5, 5.41) is 0. The Morgan fingerprint density at radius 2 is 1.75 bits per heavy atom. The van der Waals surface area contributed by atoms with Gasteiger partial charge in [0, 0.05) is 16.7 Å². The molecule has 0 spiro atoms. The summed E-state index contributed by atoms with van der Waals surface area (Å²) < 4.78 is 0. The van der Waals surface area contributed by atoms with E-state index in [9.17, 15) is 4.79 Å². The molecule has 1 N–H and O–H groups in total. The summed E-state index contributed by atoms with van der Waals surface area (Å²) in [4.78, 5) is 19.9. The van der Waals surface area contributed by atoms with Crippen molar-refractivity contribution >= 4 is 0 Å². The third-order valence-corrected chi connectivity index (χ3v) is 3.81. The highest BCUT2D eigenvalue weighted by molar-refractivity contribution is 5.32. The molecule has 0 aliphatic carbocycles. The zero-order valence-corrected chi connectivity index (χ0v) is 12.8. The fourth-order valence-electron chi connectivity index (χ4n) is 2.56. The van der Waals surface area contributed by atoms with E-state index >= 15 is 0 Å². The van der Waals surface area contributed by atoms with Crippen LogP contribution in [0.3, 0.4) is 0 Å². The van der Waals surface area contributed by atoms with Gasteiger partial charge in [-0.1, -0.05) is 44.2 Å². The molecule has 1 aromatic carbocycles. The minimum absolute atomic E-state index is 0.0218. The molecule has 0 aliphatic rings. The van der Waals surface area contributed by atoms with Crippen molar-refractivity contribution in [3.63, 3.8) is 0 Å². The summed E-state index contributed by atoms with van der Waals surface area (Å²) in [6, 6.07) is 10.1. The fourth-order valence-corrected chi connectivity index (χ4v) is 2.56. The molecule has 0 atom stereocenters. The summed E-state index contributed by atoms with van der Waals surface area (Å²) >= 11 is 0. The zero-order valence-electron chi connectivity index (χ0n) is 12.8. The van der Waals surface area contributed by atoms with Crippen LogP contribution in [0.2, 0.25) is 0 Å². The number of nitrogens with zero attached hydrogens (tertiary/aromatic N) is 1. The normalized spacial score (nSPS) is 11.9. The predicted octanol–water partition coefficient (Wildman–Crippen LogP) is 3.53. The molecule has 0 bridgehead atoms. The van der Waals surface area contributed by atoms with Gasteiger partial charge in [-0.15, -0.1) is 0 Å². The van der Waals surface area contributed by atoms with E-state index in [-0.39, 0.29) is 16.9 Å². The molecule has 20 heavy (non-hydrogen) atoms. The van der Waals surface area contributed by atoms with Crippen molar-refractivity contribution in [1.29, 1.82) is 0 Å². The van der Waals surface area contributed by atoms with Crippen LogP contribution in [0, 0.1) is 6.92 Å². The summed E-state index contributed by atoms with van der Waals surface area (Å²) in [5.41, 5.74) is 2.40. The minimum atomic E-state index is -0.319. The van der Waals surface area contributed by atoms with Crippen LogP contribution in [-0.4, -0.2) is 9.97 Å². The number of aromatic nitrogens is 2. The van der Waals surface area contributed by atoms with Gasteiger partial charge in [-0.25, -0.2) is 4.98 Å². The average molecular weight is 270 g/mol. The molecular formula is C17H22N2O. The Kier molecular flexibility index (Phi) is 3.80. The molecule has 3 nitrogen and oxygen atoms in total. The quantitative estimate of drug-likeness (QED) is 0.927. The number of hydrogen-bond donors (Lipinski definition) is 1. The molecule has 0 radical (unpaired) electrons. The van der Waals surface area contributed by atoms with E-state index in [1.165, 1.54) is 0 Å². The highest BCUT2D eigenvalue weighted by Crippen LogP contribution is 2.28. The Morgan fingerprint density at radius 3 is 2.25 bits per heavy atom. The van der Waals surface area contributed by atoms with Gasteiger partial charge < -0.3 is 4.98 Å². The lowest BCUT2D eigenvalue weighted by Crippen LogP contribution is -2.29. The van der Waals surface area contributed by atoms with E-state index in [4.69, 9.17) is 0 Å². The molecule has 0 saturated carbocycles. The molecule has 2 aromatic rings. The Bertz CT molecular complexity index is 654. The molecule has 0 fully saturated rings. The van der Waals surface area contributed by atoms with Crippen LogP contribution >= 0.6 is 0 Å². The minimum Gasteiger partial charge on any atom is -0.310 e. The zero-order chi connectivity index (χ0) is 14.9. The van der Waals surface area contributed by atoms with Crippen molar-refractivity contribution in [2.24, 2.45) is 0 Å². The molecule has 0 unspecified atom stereocenters. The third kappa shape index (κ3) is 2.53. The smallest absolute Gasteiger partial charge is 0.254 e. The van der Waals surface area contributed by atoms with Gasteiger partial charge in [-0.2, -0.15) is 0 Å². The summed E-state index contributed by atoms with van der Waals surface area (Å²) in [7, 11) is 0. The standard InChI is InChI=1S/C17H22N2O/c1-11(2)14-12(3)18-16(19-15(14)20)17(4,5)13-9-7-6-8-10-13/h6-11H,1-5H3,(H,18,19,20). The van der Waals surface area contributed by atoms with Gasteiger partial charge >= 0.3 is 0 Å². The van der Waals surface area contributed by atoms with Crippen LogP contribution in [-0.2, 0) is 5.41 Å². The monoisotopic (exact) mass is 270 g/mol. The topological polar surface area (TPSA) is 45.8 Å². The Labute approximate surface area is 120 Å². The maximum Gasteiger partial charge on any atom is 0.254 e. The molecule has 0 aliphatic heterocycles. The van der Waals surface area contributed by atoms with Crippen LogP contribution in [0.1, 0.15) is 56.3 Å². The number of aromatic amines is 1. The lowest BCUT2D eigenvalue weighted by molar-refractivity contribution is 0.579. The van der Waals surface area contributed by atoms with Crippen LogP contribution in [0.15, 0.2) is 35.1 Å². The number of nitrogens with one attached hydrogen (secondary N) is 1. The van der Waals surface area contributed by atoms with Gasteiger partial charge in [0.05, 0.1) is 0 Å². The Morgan fingerprint density at radius 1 is 1.15 bits per heavy atom. The number of hydrogen-bond acceptors (Lipinski definition) is 2. The molecular weight excluding hydrogens is 248 g/mol. The maximum absolute atomic E-state index is 12.3. The van der Waals surface area contributed by atoms with Crippen LogP contribution in [0.4, 0.5) is 0 Å². The van der Waals surface area contributed by atoms with Crippen LogP contribution in [0.25, 0.3) is 0 Å². The highest BCUT2D eigenvalue weighted by atomic mass is 16.1. The molecule has 106 valence electrons. The molecule has 3 heteroatoms. The Balaban J connectivity index is 2.57. The van der Waals surface area contributed by atoms with Crippen molar-refractivity contribution in [3.8, 4) is 0 Å². The number of aryl methyl sites for hydroxylation is 1. The first-order valence-electron chi connectivity index (χ1n) is 7.01. The van der Waals surface area contributed by atoms with E-state index < -0.39 is 0 Å². The van der Waals surface area contributed by atoms with Gasteiger partial charge in [-0.3, -0.25) is 4.79 Å². The van der Waals surface area contributed by atoms with E-state index in [0.717, 1.165) is 22.6 Å². The second-order valence-electron chi connectivity index (χ2n) is 6.06. The number of rotatable bonds is 3. The summed E-state index contributed by atoms with van der Waals surface area (Å²) in [6.07, 6.45) is 0. The number of H-pyrrole nitrogens is 1. The van der Waals surface area contributed by atoms with E-state index in [1.54, 1.807) is 0 Å². The van der Waals surface area contributed by atoms with Crippen LogP contribution in [0.5, 0.6) is 0 Å². The first-order chi connectivity index (χ1) is 9.34. The number of benzene rings is 1. The lowest BCUT2D eigenvalue weighted by atomic mass is 9.83. The van der Waals surface area contributed by atoms with E-state index in [2.05, 4.69) is 35.9 Å². The lowest BCUT2D eigenvalue weighted by Gasteiger charge is -2.25. The van der Waals surface area contributed by atoms with Gasteiger partial charge in [0.1, 0.15) is 5.82 Å². The van der Waals surface area contributed by atoms with E-state index in [0.29, 0.717) is 0 Å². The third-order valence-electron chi connectivity index (χ3n) is 3.81. The molecule has 1 heterocycles. The predicted molar refractivity (Wildman–Crippen MR) is 82.3 cm³/mol. The van der Waals surface area contributed by atoms with Gasteiger partial charge in [0.2, 0.25) is 0 Å². The summed E-state index contributed by atoms with van der Waals surface area (Å²) in [5.74, 6) is 0.899. The largest absolute Gasteiger partial charge is 0.310 e. The first-order valence-corrected chi connectivity index (χ1v) is 7.01. The SMILES string of the molecule is Cc1nc(C(C)(C)c2ccccc2)[nH]c(=O)c1C(C)C. The first kappa shape index (κ1) is 14.5. The second kappa shape index (κ2) is 5.23. The van der Waals surface area contributed by atoms with Gasteiger partial charge in [0.15, 0.2) is 0 Å². The van der Waals surface area contributed by atoms with Crippen molar-refractivity contribution in [2.75, 3.05) is 0 Å². The van der Waals surface area contributed by atoms with Crippen molar-refractivity contribution in [3.05, 3.63) is 63.3 Å². The van der Waals surface area contributed by atoms with Crippen LogP contribution < -0.4 is 5.56 Å². The van der Waals surface area contributed by atoms with E-state index in [1.807, 2.05) is 39.0 Å². The van der Waals surface area contributed by atoms with Gasteiger partial charge in [0.25, 0.3) is 5.56 Å². The summed E-state index contributed by atoms with van der Waals surface area (Å²) in [6.45, 7) is 10.1. The van der Waals surface area contributed by atoms with Crippen molar-refractivity contribution in [2.45, 2.75) is 46.0 Å². The van der Waals surface area contributed by atoms with Crippen molar-refractivity contribution in [1.82, 2.24) is 9.97 Å². The molecule has 1 aromatic heterocycles.